The summed E-state index contributed by atoms with van der Waals surface area (Å²) in [4.78, 5) is 40.3. The van der Waals surface area contributed by atoms with Crippen LogP contribution in [0.25, 0.3) is 6.08 Å². The van der Waals surface area contributed by atoms with E-state index in [0.717, 1.165) is 16.7 Å². The first-order valence-corrected chi connectivity index (χ1v) is 11.4. The van der Waals surface area contributed by atoms with Gasteiger partial charge in [-0.3, -0.25) is 19.3 Å². The number of thioether (sulfide) groups is 1. The second kappa shape index (κ2) is 10.4. The van der Waals surface area contributed by atoms with Gasteiger partial charge >= 0.3 is 0 Å². The Morgan fingerprint density at radius 2 is 1.94 bits per heavy atom. The molecule has 0 unspecified atom stereocenters. The summed E-state index contributed by atoms with van der Waals surface area (Å²) in [5.74, 6) is -0.816. The largest absolute Gasteiger partial charge is 0.489 e. The first-order valence-electron chi connectivity index (χ1n) is 10.2. The maximum atomic E-state index is 13.9. The van der Waals surface area contributed by atoms with E-state index in [0.29, 0.717) is 37.6 Å². The summed E-state index contributed by atoms with van der Waals surface area (Å²) in [6.07, 6.45) is 1.56. The predicted molar refractivity (Wildman–Crippen MR) is 122 cm³/mol. The van der Waals surface area contributed by atoms with Crippen LogP contribution >= 0.6 is 23.4 Å². The molecule has 4 rings (SSSR count). The zero-order valence-corrected chi connectivity index (χ0v) is 19.0. The first-order chi connectivity index (χ1) is 15.9. The highest BCUT2D eigenvalue weighted by atomic mass is 35.5. The minimum atomic E-state index is -0.518. The van der Waals surface area contributed by atoms with E-state index in [4.69, 9.17) is 21.1 Å². The molecular formula is C23H20ClFN2O5S. The number of carbonyl (C=O) groups excluding carboxylic acids is 3. The van der Waals surface area contributed by atoms with Crippen LogP contribution in [0.2, 0.25) is 5.02 Å². The number of benzene rings is 2. The van der Waals surface area contributed by atoms with Crippen LogP contribution in [-0.4, -0.2) is 59.7 Å². The number of nitrogens with zero attached hydrogens (tertiary/aromatic N) is 2. The molecule has 2 saturated heterocycles. The lowest BCUT2D eigenvalue weighted by molar-refractivity contribution is -0.139. The highest BCUT2D eigenvalue weighted by Crippen LogP contribution is 2.33. The molecule has 2 aliphatic heterocycles. The summed E-state index contributed by atoms with van der Waals surface area (Å²) >= 11 is 6.81. The Morgan fingerprint density at radius 3 is 2.70 bits per heavy atom. The van der Waals surface area contributed by atoms with E-state index in [9.17, 15) is 18.8 Å². The Morgan fingerprint density at radius 1 is 1.18 bits per heavy atom. The molecule has 2 aromatic carbocycles. The maximum absolute atomic E-state index is 13.9. The van der Waals surface area contributed by atoms with E-state index < -0.39 is 17.0 Å². The second-order valence-electron chi connectivity index (χ2n) is 7.32. The SMILES string of the molecule is O=C(CN1C(=O)S/C(=C\c2cccc(OCc3c(F)cccc3Cl)c2)C1=O)N1CCOCC1. The minimum Gasteiger partial charge on any atom is -0.489 e. The van der Waals surface area contributed by atoms with Gasteiger partial charge in [-0.2, -0.15) is 0 Å². The fraction of sp³-hybridized carbons (Fsp3) is 0.261. The van der Waals surface area contributed by atoms with Crippen molar-refractivity contribution >= 4 is 46.5 Å². The van der Waals surface area contributed by atoms with Crippen LogP contribution in [-0.2, 0) is 20.9 Å². The lowest BCUT2D eigenvalue weighted by Gasteiger charge is -2.28. The van der Waals surface area contributed by atoms with Gasteiger partial charge in [-0.1, -0.05) is 29.8 Å². The van der Waals surface area contributed by atoms with Crippen molar-refractivity contribution in [1.82, 2.24) is 9.80 Å². The molecule has 2 heterocycles. The Balaban J connectivity index is 1.42. The van der Waals surface area contributed by atoms with Crippen LogP contribution in [0, 0.1) is 5.82 Å². The van der Waals surface area contributed by atoms with Crippen molar-refractivity contribution in [3.8, 4) is 5.75 Å². The van der Waals surface area contributed by atoms with Gasteiger partial charge in [0.2, 0.25) is 5.91 Å². The van der Waals surface area contributed by atoms with Crippen molar-refractivity contribution in [3.63, 3.8) is 0 Å². The zero-order chi connectivity index (χ0) is 23.4. The van der Waals surface area contributed by atoms with E-state index in [1.54, 1.807) is 41.3 Å². The maximum Gasteiger partial charge on any atom is 0.294 e. The topological polar surface area (TPSA) is 76.2 Å². The summed E-state index contributed by atoms with van der Waals surface area (Å²) in [5, 5.41) is -0.221. The minimum absolute atomic E-state index is 0.0604. The van der Waals surface area contributed by atoms with E-state index in [1.807, 2.05) is 0 Å². The summed E-state index contributed by atoms with van der Waals surface area (Å²) in [6.45, 7) is 1.40. The Kier molecular flexibility index (Phi) is 7.32. The molecule has 7 nitrogen and oxygen atoms in total. The summed E-state index contributed by atoms with van der Waals surface area (Å²) in [6, 6.07) is 11.2. The first kappa shape index (κ1) is 23.3. The number of rotatable bonds is 6. The van der Waals surface area contributed by atoms with Gasteiger partial charge in [0.1, 0.15) is 24.7 Å². The van der Waals surface area contributed by atoms with Crippen molar-refractivity contribution < 1.29 is 28.2 Å². The van der Waals surface area contributed by atoms with Crippen LogP contribution in [0.15, 0.2) is 47.4 Å². The Hall–Kier alpha value is -2.88. The van der Waals surface area contributed by atoms with Crippen LogP contribution in [0.5, 0.6) is 5.75 Å². The zero-order valence-electron chi connectivity index (χ0n) is 17.5. The average Bonchev–Trinajstić information content (AvgIpc) is 3.07. The van der Waals surface area contributed by atoms with E-state index in [1.165, 1.54) is 12.1 Å². The molecular weight excluding hydrogens is 471 g/mol. The summed E-state index contributed by atoms with van der Waals surface area (Å²) in [7, 11) is 0. The molecule has 0 bridgehead atoms. The molecule has 33 heavy (non-hydrogen) atoms. The van der Waals surface area contributed by atoms with Gasteiger partial charge in [-0.15, -0.1) is 0 Å². The van der Waals surface area contributed by atoms with Crippen molar-refractivity contribution in [1.29, 1.82) is 0 Å². The predicted octanol–water partition coefficient (Wildman–Crippen LogP) is 3.95. The Bertz CT molecular complexity index is 1100. The number of morpholine rings is 1. The van der Waals surface area contributed by atoms with E-state index in [-0.39, 0.29) is 34.6 Å². The molecule has 0 spiro atoms. The van der Waals surface area contributed by atoms with Crippen LogP contribution in [0.3, 0.4) is 0 Å². The number of ether oxygens (including phenoxy) is 2. The van der Waals surface area contributed by atoms with Gasteiger partial charge in [0.05, 0.1) is 23.1 Å². The smallest absolute Gasteiger partial charge is 0.294 e. The van der Waals surface area contributed by atoms with Gasteiger partial charge in [0.15, 0.2) is 0 Å². The molecule has 10 heteroatoms. The molecule has 2 aromatic rings. The molecule has 0 saturated carbocycles. The van der Waals surface area contributed by atoms with Gasteiger partial charge in [-0.05, 0) is 47.7 Å². The third kappa shape index (κ3) is 5.55. The molecule has 2 aliphatic rings. The lowest BCUT2D eigenvalue weighted by atomic mass is 10.2. The van der Waals surface area contributed by atoms with Gasteiger partial charge in [0, 0.05) is 18.7 Å². The van der Waals surface area contributed by atoms with Gasteiger partial charge in [0.25, 0.3) is 11.1 Å². The summed E-state index contributed by atoms with van der Waals surface area (Å²) in [5.41, 5.74) is 0.868. The highest BCUT2D eigenvalue weighted by Gasteiger charge is 2.37. The third-order valence-electron chi connectivity index (χ3n) is 5.13. The third-order valence-corrected chi connectivity index (χ3v) is 6.39. The standard InChI is InChI=1S/C23H20ClFN2O5S/c24-18-5-2-6-19(25)17(18)14-32-16-4-1-3-15(11-16)12-20-22(29)27(23(30)33-20)13-21(28)26-7-9-31-10-8-26/h1-6,11-12H,7-10,13-14H2/b20-12-. The van der Waals surface area contributed by atoms with E-state index in [2.05, 4.69) is 0 Å². The number of hydrogen-bond donors (Lipinski definition) is 0. The number of amides is 3. The number of halogens is 2. The van der Waals surface area contributed by atoms with E-state index >= 15 is 0 Å². The Labute approximate surface area is 199 Å². The number of hydrogen-bond acceptors (Lipinski definition) is 6. The molecule has 3 amide bonds. The molecule has 2 fully saturated rings. The molecule has 0 aromatic heterocycles. The van der Waals surface area contributed by atoms with Crippen LogP contribution in [0.1, 0.15) is 11.1 Å². The van der Waals surface area contributed by atoms with Crippen LogP contribution in [0.4, 0.5) is 9.18 Å². The van der Waals surface area contributed by atoms with Crippen molar-refractivity contribution in [2.24, 2.45) is 0 Å². The quantitative estimate of drug-likeness (QED) is 0.571. The molecule has 0 N–H and O–H groups in total. The fourth-order valence-electron chi connectivity index (χ4n) is 3.36. The second-order valence-corrected chi connectivity index (χ2v) is 8.72. The van der Waals surface area contributed by atoms with Crippen molar-refractivity contribution in [2.45, 2.75) is 6.61 Å². The van der Waals surface area contributed by atoms with Gasteiger partial charge in [-0.25, -0.2) is 4.39 Å². The average molecular weight is 491 g/mol. The van der Waals surface area contributed by atoms with Crippen LogP contribution < -0.4 is 4.74 Å². The lowest BCUT2D eigenvalue weighted by Crippen LogP contribution is -2.46. The monoisotopic (exact) mass is 490 g/mol. The van der Waals surface area contributed by atoms with Crippen molar-refractivity contribution in [3.05, 3.63) is 69.3 Å². The molecule has 0 aliphatic carbocycles. The fourth-order valence-corrected chi connectivity index (χ4v) is 4.41. The number of imide groups is 1. The number of carbonyl (C=O) groups is 3. The highest BCUT2D eigenvalue weighted by molar-refractivity contribution is 8.18. The molecule has 172 valence electrons. The summed E-state index contributed by atoms with van der Waals surface area (Å²) < 4.78 is 24.8. The van der Waals surface area contributed by atoms with Crippen molar-refractivity contribution in [2.75, 3.05) is 32.8 Å². The normalized spacial score (nSPS) is 17.7. The molecule has 0 radical (unpaired) electrons. The van der Waals surface area contributed by atoms with Gasteiger partial charge < -0.3 is 14.4 Å². The molecule has 0 atom stereocenters.